The SMILES string of the molecule is CCC(C)(O)CN1CCCC(C)C1. The van der Waals surface area contributed by atoms with E-state index in [1.807, 2.05) is 13.8 Å². The van der Waals surface area contributed by atoms with Crippen molar-refractivity contribution in [3.8, 4) is 0 Å². The van der Waals surface area contributed by atoms with Gasteiger partial charge in [-0.05, 0) is 38.6 Å². The van der Waals surface area contributed by atoms with Crippen molar-refractivity contribution in [3.63, 3.8) is 0 Å². The monoisotopic (exact) mass is 185 g/mol. The first kappa shape index (κ1) is 11.0. The molecular weight excluding hydrogens is 162 g/mol. The standard InChI is InChI=1S/C11H23NO/c1-4-11(3,13)9-12-7-5-6-10(2)8-12/h10,13H,4-9H2,1-3H3. The van der Waals surface area contributed by atoms with E-state index in [2.05, 4.69) is 11.8 Å². The van der Waals surface area contributed by atoms with E-state index in [4.69, 9.17) is 0 Å². The highest BCUT2D eigenvalue weighted by Crippen LogP contribution is 2.19. The molecule has 13 heavy (non-hydrogen) atoms. The summed E-state index contributed by atoms with van der Waals surface area (Å²) in [4.78, 5) is 2.40. The van der Waals surface area contributed by atoms with Crippen LogP contribution in [0.5, 0.6) is 0 Å². The molecule has 1 heterocycles. The van der Waals surface area contributed by atoms with E-state index in [9.17, 15) is 5.11 Å². The summed E-state index contributed by atoms with van der Waals surface area (Å²) in [6.07, 6.45) is 3.49. The average Bonchev–Trinajstić information content (AvgIpc) is 2.03. The van der Waals surface area contributed by atoms with Gasteiger partial charge in [-0.2, -0.15) is 0 Å². The molecule has 2 heteroatoms. The Kier molecular flexibility index (Phi) is 3.74. The minimum absolute atomic E-state index is 0.489. The third-order valence-electron chi connectivity index (χ3n) is 3.07. The highest BCUT2D eigenvalue weighted by molar-refractivity contribution is 4.79. The Bertz CT molecular complexity index is 156. The minimum atomic E-state index is -0.489. The fraction of sp³-hybridized carbons (Fsp3) is 1.00. The fourth-order valence-corrected chi connectivity index (χ4v) is 2.02. The summed E-state index contributed by atoms with van der Waals surface area (Å²) in [5.74, 6) is 0.807. The fourth-order valence-electron chi connectivity index (χ4n) is 2.02. The Balaban J connectivity index is 2.35. The van der Waals surface area contributed by atoms with Gasteiger partial charge >= 0.3 is 0 Å². The molecule has 0 spiro atoms. The Morgan fingerprint density at radius 1 is 1.54 bits per heavy atom. The van der Waals surface area contributed by atoms with Gasteiger partial charge in [0.1, 0.15) is 0 Å². The molecule has 2 nitrogen and oxygen atoms in total. The smallest absolute Gasteiger partial charge is 0.0743 e. The highest BCUT2D eigenvalue weighted by atomic mass is 16.3. The quantitative estimate of drug-likeness (QED) is 0.725. The van der Waals surface area contributed by atoms with Gasteiger partial charge in [-0.3, -0.25) is 0 Å². The van der Waals surface area contributed by atoms with E-state index in [1.165, 1.54) is 19.4 Å². The first-order chi connectivity index (χ1) is 6.03. The zero-order valence-electron chi connectivity index (χ0n) is 9.21. The van der Waals surface area contributed by atoms with Gasteiger partial charge in [0, 0.05) is 13.1 Å². The van der Waals surface area contributed by atoms with Crippen LogP contribution in [-0.2, 0) is 0 Å². The van der Waals surface area contributed by atoms with Gasteiger partial charge in [-0.15, -0.1) is 0 Å². The number of nitrogens with zero attached hydrogens (tertiary/aromatic N) is 1. The second kappa shape index (κ2) is 4.43. The lowest BCUT2D eigenvalue weighted by atomic mass is 9.97. The van der Waals surface area contributed by atoms with Crippen LogP contribution in [0, 0.1) is 5.92 Å². The van der Waals surface area contributed by atoms with Crippen molar-refractivity contribution in [2.75, 3.05) is 19.6 Å². The van der Waals surface area contributed by atoms with Crippen molar-refractivity contribution >= 4 is 0 Å². The highest BCUT2D eigenvalue weighted by Gasteiger charge is 2.24. The molecule has 0 bridgehead atoms. The lowest BCUT2D eigenvalue weighted by Gasteiger charge is -2.35. The lowest BCUT2D eigenvalue weighted by Crippen LogP contribution is -2.44. The van der Waals surface area contributed by atoms with Crippen molar-refractivity contribution in [1.29, 1.82) is 0 Å². The van der Waals surface area contributed by atoms with Gasteiger partial charge in [-0.1, -0.05) is 13.8 Å². The molecule has 0 amide bonds. The number of aliphatic hydroxyl groups is 1. The van der Waals surface area contributed by atoms with Crippen molar-refractivity contribution < 1.29 is 5.11 Å². The first-order valence-electron chi connectivity index (χ1n) is 5.48. The molecule has 0 aliphatic carbocycles. The number of piperidine rings is 1. The maximum absolute atomic E-state index is 9.92. The summed E-state index contributed by atoms with van der Waals surface area (Å²) < 4.78 is 0. The molecule has 78 valence electrons. The van der Waals surface area contributed by atoms with Gasteiger partial charge in [-0.25, -0.2) is 0 Å². The summed E-state index contributed by atoms with van der Waals surface area (Å²) >= 11 is 0. The predicted molar refractivity (Wildman–Crippen MR) is 55.8 cm³/mol. The Morgan fingerprint density at radius 3 is 2.77 bits per heavy atom. The molecule has 1 aliphatic heterocycles. The molecular formula is C11H23NO. The lowest BCUT2D eigenvalue weighted by molar-refractivity contribution is 0.00540. The average molecular weight is 185 g/mol. The van der Waals surface area contributed by atoms with Crippen molar-refractivity contribution in [2.45, 2.75) is 45.6 Å². The number of β-amino-alcohol motifs (C(OH)–C–C–N with tert-alkyl or cyclic N) is 1. The van der Waals surface area contributed by atoms with Crippen LogP contribution < -0.4 is 0 Å². The molecule has 1 N–H and O–H groups in total. The van der Waals surface area contributed by atoms with Crippen molar-refractivity contribution in [2.24, 2.45) is 5.92 Å². The molecule has 1 aliphatic rings. The molecule has 1 rings (SSSR count). The van der Waals surface area contributed by atoms with Gasteiger partial charge in [0.05, 0.1) is 5.60 Å². The zero-order chi connectivity index (χ0) is 9.90. The van der Waals surface area contributed by atoms with Crippen LogP contribution >= 0.6 is 0 Å². The Morgan fingerprint density at radius 2 is 2.23 bits per heavy atom. The van der Waals surface area contributed by atoms with E-state index in [0.717, 1.165) is 25.4 Å². The van der Waals surface area contributed by atoms with Crippen LogP contribution in [0.3, 0.4) is 0 Å². The summed E-state index contributed by atoms with van der Waals surface area (Å²) in [5.41, 5.74) is -0.489. The molecule has 1 fully saturated rings. The maximum Gasteiger partial charge on any atom is 0.0743 e. The van der Waals surface area contributed by atoms with E-state index < -0.39 is 5.60 Å². The first-order valence-corrected chi connectivity index (χ1v) is 5.48. The Labute approximate surface area is 81.9 Å². The molecule has 0 aromatic carbocycles. The van der Waals surface area contributed by atoms with Crippen LogP contribution in [0.25, 0.3) is 0 Å². The molecule has 0 aromatic rings. The van der Waals surface area contributed by atoms with Crippen molar-refractivity contribution in [3.05, 3.63) is 0 Å². The third kappa shape index (κ3) is 3.65. The predicted octanol–water partition coefficient (Wildman–Crippen LogP) is 1.88. The second-order valence-electron chi connectivity index (χ2n) is 4.83. The molecule has 1 saturated heterocycles. The zero-order valence-corrected chi connectivity index (χ0v) is 9.21. The summed E-state index contributed by atoms with van der Waals surface area (Å²) in [5, 5.41) is 9.92. The van der Waals surface area contributed by atoms with Crippen LogP contribution in [-0.4, -0.2) is 35.2 Å². The maximum atomic E-state index is 9.92. The molecule has 2 unspecified atom stereocenters. The van der Waals surface area contributed by atoms with E-state index in [-0.39, 0.29) is 0 Å². The van der Waals surface area contributed by atoms with E-state index in [1.54, 1.807) is 0 Å². The topological polar surface area (TPSA) is 23.5 Å². The number of likely N-dealkylation sites (tertiary alicyclic amines) is 1. The van der Waals surface area contributed by atoms with Gasteiger partial charge in [0.25, 0.3) is 0 Å². The van der Waals surface area contributed by atoms with Gasteiger partial charge in [0.2, 0.25) is 0 Å². The third-order valence-corrected chi connectivity index (χ3v) is 3.07. The molecule has 0 radical (unpaired) electrons. The number of hydrogen-bond donors (Lipinski definition) is 1. The van der Waals surface area contributed by atoms with Gasteiger partial charge < -0.3 is 10.0 Å². The minimum Gasteiger partial charge on any atom is -0.389 e. The molecule has 0 saturated carbocycles. The van der Waals surface area contributed by atoms with Crippen LogP contribution in [0.15, 0.2) is 0 Å². The van der Waals surface area contributed by atoms with Gasteiger partial charge in [0.15, 0.2) is 0 Å². The van der Waals surface area contributed by atoms with Crippen LogP contribution in [0.1, 0.15) is 40.0 Å². The van der Waals surface area contributed by atoms with E-state index >= 15 is 0 Å². The molecule has 0 aromatic heterocycles. The Hall–Kier alpha value is -0.0800. The summed E-state index contributed by atoms with van der Waals surface area (Å²) in [7, 11) is 0. The van der Waals surface area contributed by atoms with Crippen LogP contribution in [0.2, 0.25) is 0 Å². The molecule has 2 atom stereocenters. The number of hydrogen-bond acceptors (Lipinski definition) is 2. The van der Waals surface area contributed by atoms with Crippen LogP contribution in [0.4, 0.5) is 0 Å². The second-order valence-corrected chi connectivity index (χ2v) is 4.83. The normalized spacial score (nSPS) is 30.0. The largest absolute Gasteiger partial charge is 0.389 e. The van der Waals surface area contributed by atoms with E-state index in [0.29, 0.717) is 0 Å². The summed E-state index contributed by atoms with van der Waals surface area (Å²) in [6, 6.07) is 0. The summed E-state index contributed by atoms with van der Waals surface area (Å²) in [6.45, 7) is 9.46. The van der Waals surface area contributed by atoms with Crippen molar-refractivity contribution in [1.82, 2.24) is 4.90 Å². The number of rotatable bonds is 3.